The number of thioether (sulfide) groups is 1. The van der Waals surface area contributed by atoms with E-state index in [1.54, 1.807) is 14.2 Å². The van der Waals surface area contributed by atoms with Crippen molar-refractivity contribution in [2.24, 2.45) is 0 Å². The van der Waals surface area contributed by atoms with Crippen LogP contribution in [-0.4, -0.2) is 54.5 Å². The number of likely N-dealkylation sites (tertiary alicyclic amines) is 1. The molecule has 6 heteroatoms. The van der Waals surface area contributed by atoms with E-state index in [-0.39, 0.29) is 5.91 Å². The highest BCUT2D eigenvalue weighted by atomic mass is 32.2. The Hall–Kier alpha value is -1.63. The molecule has 0 aliphatic carbocycles. The SMILES string of the molecule is CNC(=O)C(CN1CCCC1)(OC)Sc1ccc2ccccc2n1. The summed E-state index contributed by atoms with van der Waals surface area (Å²) < 4.78 is 5.74. The van der Waals surface area contributed by atoms with Crippen molar-refractivity contribution in [1.82, 2.24) is 15.2 Å². The van der Waals surface area contributed by atoms with Crippen LogP contribution in [0.1, 0.15) is 12.8 Å². The summed E-state index contributed by atoms with van der Waals surface area (Å²) >= 11 is 1.38. The van der Waals surface area contributed by atoms with Gasteiger partial charge < -0.3 is 10.1 Å². The number of likely N-dealkylation sites (N-methyl/N-ethyl adjacent to an activating group) is 1. The highest BCUT2D eigenvalue weighted by molar-refractivity contribution is 8.01. The number of pyridine rings is 1. The zero-order valence-electron chi connectivity index (χ0n) is 14.1. The molecule has 5 nitrogen and oxygen atoms in total. The lowest BCUT2D eigenvalue weighted by Crippen LogP contribution is -2.51. The smallest absolute Gasteiger partial charge is 0.264 e. The third-order valence-electron chi connectivity index (χ3n) is 4.38. The number of nitrogens with zero attached hydrogens (tertiary/aromatic N) is 2. The van der Waals surface area contributed by atoms with Gasteiger partial charge in [0.25, 0.3) is 5.91 Å². The van der Waals surface area contributed by atoms with Crippen molar-refractivity contribution in [1.29, 1.82) is 0 Å². The number of methoxy groups -OCH3 is 1. The van der Waals surface area contributed by atoms with Gasteiger partial charge in [0.05, 0.1) is 5.52 Å². The molecule has 128 valence electrons. The zero-order chi connectivity index (χ0) is 17.0. The standard InChI is InChI=1S/C18H23N3O2S/c1-19-17(22)18(23-2,13-21-11-5-6-12-21)24-16-10-9-14-7-3-4-8-15(14)20-16/h3-4,7-10H,5-6,11-13H2,1-2H3,(H,19,22). The Morgan fingerprint density at radius 3 is 2.75 bits per heavy atom. The minimum absolute atomic E-state index is 0.128. The summed E-state index contributed by atoms with van der Waals surface area (Å²) in [6.07, 6.45) is 2.35. The van der Waals surface area contributed by atoms with Crippen LogP contribution in [0.25, 0.3) is 10.9 Å². The topological polar surface area (TPSA) is 54.5 Å². The van der Waals surface area contributed by atoms with Crippen LogP contribution in [0.15, 0.2) is 41.4 Å². The first-order chi connectivity index (χ1) is 11.7. The van der Waals surface area contributed by atoms with Crippen molar-refractivity contribution < 1.29 is 9.53 Å². The molecule has 1 atom stereocenters. The maximum atomic E-state index is 12.6. The number of carbonyl (C=O) groups is 1. The minimum Gasteiger partial charge on any atom is -0.357 e. The van der Waals surface area contributed by atoms with E-state index in [1.807, 2.05) is 36.4 Å². The van der Waals surface area contributed by atoms with E-state index in [2.05, 4.69) is 15.2 Å². The molecule has 1 amide bonds. The second kappa shape index (κ2) is 7.51. The fourth-order valence-electron chi connectivity index (χ4n) is 3.05. The predicted molar refractivity (Wildman–Crippen MR) is 97.1 cm³/mol. The molecule has 0 saturated carbocycles. The van der Waals surface area contributed by atoms with Crippen molar-refractivity contribution >= 4 is 28.6 Å². The van der Waals surface area contributed by atoms with Gasteiger partial charge in [-0.25, -0.2) is 4.98 Å². The summed E-state index contributed by atoms with van der Waals surface area (Å²) in [6.45, 7) is 2.57. The van der Waals surface area contributed by atoms with Crippen LogP contribution in [0.5, 0.6) is 0 Å². The predicted octanol–water partition coefficient (Wildman–Crippen LogP) is 2.51. The Morgan fingerprint density at radius 1 is 1.29 bits per heavy atom. The van der Waals surface area contributed by atoms with Crippen LogP contribution in [0.3, 0.4) is 0 Å². The summed E-state index contributed by atoms with van der Waals surface area (Å²) in [4.78, 5) is 18.6. The molecule has 0 spiro atoms. The molecule has 1 fully saturated rings. The highest BCUT2D eigenvalue weighted by Crippen LogP contribution is 2.35. The van der Waals surface area contributed by atoms with Gasteiger partial charge in [0.1, 0.15) is 5.03 Å². The summed E-state index contributed by atoms with van der Waals surface area (Å²) in [5.74, 6) is -0.128. The number of amides is 1. The molecule has 1 aliphatic rings. The fourth-order valence-corrected chi connectivity index (χ4v) is 4.19. The zero-order valence-corrected chi connectivity index (χ0v) is 14.9. The first-order valence-corrected chi connectivity index (χ1v) is 9.03. The second-order valence-electron chi connectivity index (χ2n) is 5.96. The molecule has 1 aromatic heterocycles. The number of carbonyl (C=O) groups excluding carboxylic acids is 1. The number of rotatable bonds is 6. The summed E-state index contributed by atoms with van der Waals surface area (Å²) in [7, 11) is 3.24. The van der Waals surface area contributed by atoms with E-state index in [0.717, 1.165) is 29.0 Å². The number of hydrogen-bond donors (Lipinski definition) is 1. The van der Waals surface area contributed by atoms with Crippen LogP contribution < -0.4 is 5.32 Å². The quantitative estimate of drug-likeness (QED) is 0.644. The van der Waals surface area contributed by atoms with Gasteiger partial charge in [-0.1, -0.05) is 36.0 Å². The van der Waals surface area contributed by atoms with E-state index in [9.17, 15) is 4.79 Å². The van der Waals surface area contributed by atoms with Gasteiger partial charge in [-0.2, -0.15) is 0 Å². The van der Waals surface area contributed by atoms with Crippen molar-refractivity contribution in [2.75, 3.05) is 33.8 Å². The van der Waals surface area contributed by atoms with E-state index >= 15 is 0 Å². The first kappa shape index (κ1) is 17.2. The number of benzene rings is 1. The number of ether oxygens (including phenoxy) is 1. The Balaban J connectivity index is 1.89. The molecule has 24 heavy (non-hydrogen) atoms. The lowest BCUT2D eigenvalue weighted by Gasteiger charge is -2.33. The summed E-state index contributed by atoms with van der Waals surface area (Å²) in [5.41, 5.74) is 0.922. The summed E-state index contributed by atoms with van der Waals surface area (Å²) in [5, 5.41) is 4.63. The molecule has 2 heterocycles. The average molecular weight is 345 g/mol. The Kier molecular flexibility index (Phi) is 5.38. The number of para-hydroxylation sites is 1. The van der Waals surface area contributed by atoms with E-state index in [4.69, 9.17) is 4.74 Å². The number of nitrogens with one attached hydrogen (secondary N) is 1. The number of aromatic nitrogens is 1. The molecule has 1 aliphatic heterocycles. The molecular formula is C18H23N3O2S. The lowest BCUT2D eigenvalue weighted by atomic mass is 10.2. The third kappa shape index (κ3) is 3.55. The second-order valence-corrected chi connectivity index (χ2v) is 7.25. The first-order valence-electron chi connectivity index (χ1n) is 8.21. The normalized spacial score (nSPS) is 17.8. The Morgan fingerprint density at radius 2 is 2.04 bits per heavy atom. The van der Waals surface area contributed by atoms with Crippen molar-refractivity contribution in [3.63, 3.8) is 0 Å². The van der Waals surface area contributed by atoms with E-state index < -0.39 is 4.93 Å². The maximum Gasteiger partial charge on any atom is 0.264 e. The molecule has 1 unspecified atom stereocenters. The van der Waals surface area contributed by atoms with E-state index in [0.29, 0.717) is 6.54 Å². The van der Waals surface area contributed by atoms with E-state index in [1.165, 1.54) is 24.6 Å². The molecule has 3 rings (SSSR count). The largest absolute Gasteiger partial charge is 0.357 e. The summed E-state index contributed by atoms with van der Waals surface area (Å²) in [6, 6.07) is 12.0. The van der Waals surface area contributed by atoms with Crippen molar-refractivity contribution in [3.05, 3.63) is 36.4 Å². The van der Waals surface area contributed by atoms with Crippen LogP contribution in [0.2, 0.25) is 0 Å². The van der Waals surface area contributed by atoms with Crippen LogP contribution >= 0.6 is 11.8 Å². The van der Waals surface area contributed by atoms with Gasteiger partial charge in [0.2, 0.25) is 4.93 Å². The van der Waals surface area contributed by atoms with Gasteiger partial charge >= 0.3 is 0 Å². The molecule has 1 aromatic carbocycles. The van der Waals surface area contributed by atoms with Crippen LogP contribution in [0, 0.1) is 0 Å². The molecule has 0 bridgehead atoms. The highest BCUT2D eigenvalue weighted by Gasteiger charge is 2.42. The van der Waals surface area contributed by atoms with Gasteiger partial charge in [0, 0.05) is 26.1 Å². The molecule has 1 N–H and O–H groups in total. The van der Waals surface area contributed by atoms with Crippen molar-refractivity contribution in [3.8, 4) is 0 Å². The number of hydrogen-bond acceptors (Lipinski definition) is 5. The molecule has 1 saturated heterocycles. The Bertz CT molecular complexity index is 718. The lowest BCUT2D eigenvalue weighted by molar-refractivity contribution is -0.134. The Labute approximate surface area is 146 Å². The van der Waals surface area contributed by atoms with Crippen LogP contribution in [0.4, 0.5) is 0 Å². The molecule has 2 aromatic rings. The van der Waals surface area contributed by atoms with Gasteiger partial charge in [0.15, 0.2) is 0 Å². The van der Waals surface area contributed by atoms with Gasteiger partial charge in [-0.05, 0) is 38.1 Å². The maximum absolute atomic E-state index is 12.6. The average Bonchev–Trinajstić information content (AvgIpc) is 3.13. The van der Waals surface area contributed by atoms with Crippen LogP contribution in [-0.2, 0) is 9.53 Å². The van der Waals surface area contributed by atoms with Crippen molar-refractivity contribution in [2.45, 2.75) is 22.8 Å². The molecule has 0 radical (unpaired) electrons. The number of fused-ring (bicyclic) bond motifs is 1. The van der Waals surface area contributed by atoms with Gasteiger partial charge in [-0.15, -0.1) is 0 Å². The third-order valence-corrected chi connectivity index (χ3v) is 5.62. The monoisotopic (exact) mass is 345 g/mol. The fraction of sp³-hybridized carbons (Fsp3) is 0.444. The molecular weight excluding hydrogens is 322 g/mol. The minimum atomic E-state index is -0.992. The van der Waals surface area contributed by atoms with Gasteiger partial charge in [-0.3, -0.25) is 9.69 Å².